The van der Waals surface area contributed by atoms with E-state index in [9.17, 15) is 14.0 Å². The second-order valence-corrected chi connectivity index (χ2v) is 5.28. The largest absolute Gasteiger partial charge is 0.353 e. The van der Waals surface area contributed by atoms with Gasteiger partial charge < -0.3 is 10.2 Å². The number of carbonyl (C=O) groups excluding carboxylic acids is 2. The van der Waals surface area contributed by atoms with E-state index in [1.54, 1.807) is 4.90 Å². The van der Waals surface area contributed by atoms with Gasteiger partial charge in [0.25, 0.3) is 0 Å². The quantitative estimate of drug-likeness (QED) is 0.917. The maximum Gasteiger partial charge on any atom is 0.227 e. The number of nitrogens with zero attached hydrogens (tertiary/aromatic N) is 1. The van der Waals surface area contributed by atoms with E-state index in [2.05, 4.69) is 21.2 Å². The van der Waals surface area contributed by atoms with E-state index in [0.717, 1.165) is 10.2 Å². The number of anilines is 1. The summed E-state index contributed by atoms with van der Waals surface area (Å²) in [6.07, 6.45) is 0.171. The lowest BCUT2D eigenvalue weighted by Crippen LogP contribution is -2.34. The minimum absolute atomic E-state index is 0.000406. The highest BCUT2D eigenvalue weighted by molar-refractivity contribution is 9.10. The molecular weight excluding hydrogens is 315 g/mol. The summed E-state index contributed by atoms with van der Waals surface area (Å²) in [5.41, 5.74) is 0.764. The summed E-state index contributed by atoms with van der Waals surface area (Å²) in [6, 6.07) is 7.36. The number of hydrogen-bond acceptors (Lipinski definition) is 2. The molecule has 0 spiro atoms. The minimum atomic E-state index is -0.595. The molecule has 1 heterocycles. The molecule has 1 aromatic rings. The van der Waals surface area contributed by atoms with E-state index < -0.39 is 12.6 Å². The van der Waals surface area contributed by atoms with Crippen LogP contribution in [-0.2, 0) is 9.59 Å². The van der Waals surface area contributed by atoms with Gasteiger partial charge >= 0.3 is 0 Å². The molecule has 6 heteroatoms. The Morgan fingerprint density at radius 1 is 1.53 bits per heavy atom. The Labute approximate surface area is 119 Å². The Morgan fingerprint density at radius 2 is 2.32 bits per heavy atom. The van der Waals surface area contributed by atoms with Crippen LogP contribution in [0.15, 0.2) is 28.7 Å². The van der Waals surface area contributed by atoms with Crippen molar-refractivity contribution >= 4 is 33.4 Å². The number of hydrogen-bond donors (Lipinski definition) is 1. The SMILES string of the molecule is O=C(NCCF)[C@@H]1CC(=O)N(c2cccc(Br)c2)C1. The van der Waals surface area contributed by atoms with Gasteiger partial charge in [0.1, 0.15) is 6.67 Å². The van der Waals surface area contributed by atoms with Gasteiger partial charge in [0, 0.05) is 29.7 Å². The van der Waals surface area contributed by atoms with E-state index in [1.807, 2.05) is 24.3 Å². The Kier molecular flexibility index (Phi) is 4.52. The molecule has 0 saturated carbocycles. The molecule has 4 nitrogen and oxygen atoms in total. The highest BCUT2D eigenvalue weighted by Gasteiger charge is 2.34. The normalized spacial score (nSPS) is 18.7. The number of carbonyl (C=O) groups is 2. The molecule has 19 heavy (non-hydrogen) atoms. The Bertz CT molecular complexity index is 495. The third-order valence-electron chi connectivity index (χ3n) is 3.01. The maximum absolute atomic E-state index is 12.0. The first-order chi connectivity index (χ1) is 9.11. The van der Waals surface area contributed by atoms with Gasteiger partial charge in [-0.05, 0) is 18.2 Å². The van der Waals surface area contributed by atoms with Gasteiger partial charge in [-0.15, -0.1) is 0 Å². The number of rotatable bonds is 4. The Hall–Kier alpha value is -1.43. The molecule has 1 saturated heterocycles. The second kappa shape index (κ2) is 6.14. The average molecular weight is 329 g/mol. The Morgan fingerprint density at radius 3 is 3.00 bits per heavy atom. The van der Waals surface area contributed by atoms with Crippen LogP contribution in [0.2, 0.25) is 0 Å². The molecule has 2 rings (SSSR count). The van der Waals surface area contributed by atoms with Crippen molar-refractivity contribution in [3.8, 4) is 0 Å². The van der Waals surface area contributed by atoms with Crippen molar-refractivity contribution in [1.29, 1.82) is 0 Å². The maximum atomic E-state index is 12.0. The van der Waals surface area contributed by atoms with Gasteiger partial charge in [0.15, 0.2) is 0 Å². The molecule has 0 aromatic heterocycles. The van der Waals surface area contributed by atoms with E-state index in [-0.39, 0.29) is 24.8 Å². The van der Waals surface area contributed by atoms with Crippen LogP contribution < -0.4 is 10.2 Å². The van der Waals surface area contributed by atoms with E-state index in [4.69, 9.17) is 0 Å². The molecule has 0 bridgehead atoms. The van der Waals surface area contributed by atoms with Crippen molar-refractivity contribution in [2.45, 2.75) is 6.42 Å². The van der Waals surface area contributed by atoms with Crippen LogP contribution in [-0.4, -0.2) is 31.6 Å². The second-order valence-electron chi connectivity index (χ2n) is 4.37. The summed E-state index contributed by atoms with van der Waals surface area (Å²) < 4.78 is 12.9. The summed E-state index contributed by atoms with van der Waals surface area (Å²) in [6.45, 7) is -0.254. The lowest BCUT2D eigenvalue weighted by Gasteiger charge is -2.16. The van der Waals surface area contributed by atoms with Crippen molar-refractivity contribution in [3.05, 3.63) is 28.7 Å². The van der Waals surface area contributed by atoms with Crippen LogP contribution in [0.25, 0.3) is 0 Å². The third-order valence-corrected chi connectivity index (χ3v) is 3.50. The van der Waals surface area contributed by atoms with Gasteiger partial charge in [-0.1, -0.05) is 22.0 Å². The van der Waals surface area contributed by atoms with Gasteiger partial charge in [-0.3, -0.25) is 9.59 Å². The summed E-state index contributed by atoms with van der Waals surface area (Å²) in [5, 5.41) is 2.48. The zero-order valence-corrected chi connectivity index (χ0v) is 11.8. The van der Waals surface area contributed by atoms with Crippen LogP contribution in [0.4, 0.5) is 10.1 Å². The van der Waals surface area contributed by atoms with E-state index >= 15 is 0 Å². The highest BCUT2D eigenvalue weighted by atomic mass is 79.9. The molecule has 2 amide bonds. The van der Waals surface area contributed by atoms with E-state index in [0.29, 0.717) is 6.54 Å². The topological polar surface area (TPSA) is 49.4 Å². The fourth-order valence-electron chi connectivity index (χ4n) is 2.09. The number of amides is 2. The fraction of sp³-hybridized carbons (Fsp3) is 0.385. The molecule has 1 atom stereocenters. The van der Waals surface area contributed by atoms with Crippen LogP contribution in [0.1, 0.15) is 6.42 Å². The summed E-state index contributed by atoms with van der Waals surface area (Å²) >= 11 is 3.35. The molecule has 1 aromatic carbocycles. The first-order valence-corrected chi connectivity index (χ1v) is 6.80. The predicted octanol–water partition coefficient (Wildman–Crippen LogP) is 1.89. The molecule has 0 aliphatic carbocycles. The lowest BCUT2D eigenvalue weighted by molar-refractivity contribution is -0.126. The zero-order chi connectivity index (χ0) is 13.8. The highest BCUT2D eigenvalue weighted by Crippen LogP contribution is 2.27. The molecule has 102 valence electrons. The minimum Gasteiger partial charge on any atom is -0.353 e. The van der Waals surface area contributed by atoms with Crippen LogP contribution >= 0.6 is 15.9 Å². The molecule has 0 unspecified atom stereocenters. The number of halogens is 2. The van der Waals surface area contributed by atoms with Crippen LogP contribution in [0, 0.1) is 5.92 Å². The molecule has 1 aliphatic rings. The standard InChI is InChI=1S/C13H14BrFN2O2/c14-10-2-1-3-11(7-10)17-8-9(6-12(17)18)13(19)16-5-4-15/h1-3,7,9H,4-6,8H2,(H,16,19)/t9-/m1/s1. The van der Waals surface area contributed by atoms with Gasteiger partial charge in [-0.25, -0.2) is 4.39 Å². The van der Waals surface area contributed by atoms with Crippen molar-refractivity contribution in [2.24, 2.45) is 5.92 Å². The fourth-order valence-corrected chi connectivity index (χ4v) is 2.48. The zero-order valence-electron chi connectivity index (χ0n) is 10.2. The van der Waals surface area contributed by atoms with Crippen LogP contribution in [0.3, 0.4) is 0 Å². The van der Waals surface area contributed by atoms with Crippen molar-refractivity contribution < 1.29 is 14.0 Å². The van der Waals surface area contributed by atoms with Gasteiger partial charge in [-0.2, -0.15) is 0 Å². The van der Waals surface area contributed by atoms with E-state index in [1.165, 1.54) is 0 Å². The first kappa shape index (κ1) is 14.0. The van der Waals surface area contributed by atoms with Crippen molar-refractivity contribution in [3.63, 3.8) is 0 Å². The van der Waals surface area contributed by atoms with Crippen molar-refractivity contribution in [1.82, 2.24) is 5.32 Å². The number of nitrogens with one attached hydrogen (secondary N) is 1. The molecule has 0 radical (unpaired) electrons. The summed E-state index contributed by atoms with van der Waals surface area (Å²) in [4.78, 5) is 25.2. The monoisotopic (exact) mass is 328 g/mol. The van der Waals surface area contributed by atoms with Crippen LogP contribution in [0.5, 0.6) is 0 Å². The number of benzene rings is 1. The van der Waals surface area contributed by atoms with Gasteiger partial charge in [0.05, 0.1) is 5.92 Å². The van der Waals surface area contributed by atoms with Gasteiger partial charge in [0.2, 0.25) is 11.8 Å². The summed E-state index contributed by atoms with van der Waals surface area (Å²) in [7, 11) is 0. The first-order valence-electron chi connectivity index (χ1n) is 6.01. The smallest absolute Gasteiger partial charge is 0.227 e. The third kappa shape index (κ3) is 3.32. The Balaban J connectivity index is 2.05. The molecule has 1 aliphatic heterocycles. The summed E-state index contributed by atoms with van der Waals surface area (Å²) in [5.74, 6) is -0.750. The molecule has 1 fully saturated rings. The molecular formula is C13H14BrFN2O2. The number of alkyl halides is 1. The molecule has 1 N–H and O–H groups in total. The van der Waals surface area contributed by atoms with Crippen molar-refractivity contribution in [2.75, 3.05) is 24.7 Å². The average Bonchev–Trinajstić information content (AvgIpc) is 2.78. The predicted molar refractivity (Wildman–Crippen MR) is 73.6 cm³/mol. The lowest BCUT2D eigenvalue weighted by atomic mass is 10.1.